The van der Waals surface area contributed by atoms with E-state index in [1.54, 1.807) is 16.7 Å². The number of aromatic nitrogens is 3. The molecule has 1 amide bonds. The quantitative estimate of drug-likeness (QED) is 0.582. The van der Waals surface area contributed by atoms with Crippen LogP contribution < -0.4 is 5.32 Å². The van der Waals surface area contributed by atoms with Crippen LogP contribution in [0.1, 0.15) is 17.2 Å². The minimum Gasteiger partial charge on any atom is -0.353 e. The number of H-pyrrole nitrogens is 1. The molecule has 0 radical (unpaired) electrons. The van der Waals surface area contributed by atoms with E-state index in [-0.39, 0.29) is 24.3 Å². The van der Waals surface area contributed by atoms with Crippen molar-refractivity contribution in [3.8, 4) is 11.4 Å². The maximum atomic E-state index is 13.2. The van der Waals surface area contributed by atoms with Crippen molar-refractivity contribution in [2.45, 2.75) is 19.5 Å². The highest BCUT2D eigenvalue weighted by Crippen LogP contribution is 2.19. The van der Waals surface area contributed by atoms with Crippen LogP contribution in [0.3, 0.4) is 0 Å². The zero-order valence-corrected chi connectivity index (χ0v) is 17.5. The number of amides is 1. The summed E-state index contributed by atoms with van der Waals surface area (Å²) in [6, 6.07) is 14.1. The standard InChI is InChI=1S/C21H24FN5OS/c1-14-5-4-6-16(11-14)20-24-25-21(29)27(20)13-19(28)23-12-18(26(2)3)15-7-9-17(22)10-8-15/h4-11,18H,12-13H2,1-3H3,(H,23,28)(H,25,29). The number of benzene rings is 2. The maximum Gasteiger partial charge on any atom is 0.240 e. The molecule has 2 aromatic carbocycles. The van der Waals surface area contributed by atoms with Gasteiger partial charge >= 0.3 is 0 Å². The van der Waals surface area contributed by atoms with Gasteiger partial charge in [0.25, 0.3) is 0 Å². The molecule has 0 spiro atoms. The van der Waals surface area contributed by atoms with Gasteiger partial charge in [-0.3, -0.25) is 14.5 Å². The third-order valence-electron chi connectivity index (χ3n) is 4.71. The summed E-state index contributed by atoms with van der Waals surface area (Å²) in [5.74, 6) is 0.162. The molecular weight excluding hydrogens is 389 g/mol. The molecule has 0 aliphatic rings. The molecule has 0 aliphatic heterocycles. The van der Waals surface area contributed by atoms with Crippen LogP contribution in [0.2, 0.25) is 0 Å². The molecule has 6 nitrogen and oxygen atoms in total. The lowest BCUT2D eigenvalue weighted by molar-refractivity contribution is -0.121. The number of rotatable bonds is 7. The summed E-state index contributed by atoms with van der Waals surface area (Å²) in [4.78, 5) is 14.6. The van der Waals surface area contributed by atoms with Crippen LogP contribution >= 0.6 is 12.2 Å². The van der Waals surface area contributed by atoms with Crippen LogP contribution in [0.5, 0.6) is 0 Å². The molecule has 0 saturated heterocycles. The van der Waals surface area contributed by atoms with Crippen molar-refractivity contribution < 1.29 is 9.18 Å². The Morgan fingerprint density at radius 1 is 1.28 bits per heavy atom. The third-order valence-corrected chi connectivity index (χ3v) is 5.02. The molecule has 3 aromatic rings. The number of likely N-dealkylation sites (N-methyl/N-ethyl adjacent to an activating group) is 1. The number of halogens is 1. The Kier molecular flexibility index (Phi) is 6.56. The summed E-state index contributed by atoms with van der Waals surface area (Å²) in [6.07, 6.45) is 0. The van der Waals surface area contributed by atoms with E-state index in [0.29, 0.717) is 17.1 Å². The van der Waals surface area contributed by atoms with Crippen LogP contribution in [-0.2, 0) is 11.3 Å². The lowest BCUT2D eigenvalue weighted by atomic mass is 10.1. The number of aromatic amines is 1. The van der Waals surface area contributed by atoms with Gasteiger partial charge in [-0.25, -0.2) is 4.39 Å². The Bertz CT molecular complexity index is 1040. The van der Waals surface area contributed by atoms with Gasteiger partial charge in [-0.15, -0.1) is 0 Å². The van der Waals surface area contributed by atoms with Crippen LogP contribution in [0.25, 0.3) is 11.4 Å². The Balaban J connectivity index is 1.72. The molecule has 1 atom stereocenters. The van der Waals surface area contributed by atoms with Crippen LogP contribution in [-0.4, -0.2) is 46.2 Å². The fraction of sp³-hybridized carbons (Fsp3) is 0.286. The predicted molar refractivity (Wildman–Crippen MR) is 113 cm³/mol. The average Bonchev–Trinajstić information content (AvgIpc) is 3.03. The summed E-state index contributed by atoms with van der Waals surface area (Å²) >= 11 is 5.31. The smallest absolute Gasteiger partial charge is 0.240 e. The van der Waals surface area contributed by atoms with Gasteiger partial charge in [0.1, 0.15) is 12.4 Å². The minimum atomic E-state index is -0.284. The largest absolute Gasteiger partial charge is 0.353 e. The molecule has 0 saturated carbocycles. The SMILES string of the molecule is Cc1cccc(-c2n[nH]c(=S)n2CC(=O)NCC(c2ccc(F)cc2)N(C)C)c1. The topological polar surface area (TPSA) is 66.0 Å². The number of nitrogens with one attached hydrogen (secondary N) is 2. The van der Waals surface area contributed by atoms with Crippen LogP contribution in [0.4, 0.5) is 4.39 Å². The van der Waals surface area contributed by atoms with Crippen molar-refractivity contribution in [2.24, 2.45) is 0 Å². The molecule has 3 rings (SSSR count). The second kappa shape index (κ2) is 9.11. The van der Waals surface area contributed by atoms with Gasteiger partial charge in [0.2, 0.25) is 5.91 Å². The van der Waals surface area contributed by atoms with Crippen molar-refractivity contribution in [3.05, 3.63) is 70.2 Å². The third kappa shape index (κ3) is 5.16. The molecule has 2 N–H and O–H groups in total. The summed E-state index contributed by atoms with van der Waals surface area (Å²) in [7, 11) is 3.84. The van der Waals surface area contributed by atoms with Crippen molar-refractivity contribution in [2.75, 3.05) is 20.6 Å². The van der Waals surface area contributed by atoms with Gasteiger partial charge in [-0.2, -0.15) is 5.10 Å². The molecular formula is C21H24FN5OS. The first-order valence-electron chi connectivity index (χ1n) is 9.26. The molecule has 1 heterocycles. The van der Waals surface area contributed by atoms with Gasteiger partial charge in [0.05, 0.1) is 6.04 Å². The van der Waals surface area contributed by atoms with Crippen molar-refractivity contribution >= 4 is 18.1 Å². The second-order valence-corrected chi connectivity index (χ2v) is 7.53. The molecule has 8 heteroatoms. The van der Waals surface area contributed by atoms with Gasteiger partial charge in [-0.1, -0.05) is 35.9 Å². The number of nitrogens with zero attached hydrogens (tertiary/aromatic N) is 3. The molecule has 0 fully saturated rings. The Morgan fingerprint density at radius 3 is 2.66 bits per heavy atom. The van der Waals surface area contributed by atoms with E-state index >= 15 is 0 Å². The van der Waals surface area contributed by atoms with E-state index in [2.05, 4.69) is 15.5 Å². The highest BCUT2D eigenvalue weighted by molar-refractivity contribution is 7.71. The number of hydrogen-bond acceptors (Lipinski definition) is 4. The number of hydrogen-bond donors (Lipinski definition) is 2. The highest BCUT2D eigenvalue weighted by atomic mass is 32.1. The fourth-order valence-corrected chi connectivity index (χ4v) is 3.36. The summed E-state index contributed by atoms with van der Waals surface area (Å²) in [5, 5.41) is 10.00. The zero-order valence-electron chi connectivity index (χ0n) is 16.6. The van der Waals surface area contributed by atoms with E-state index < -0.39 is 0 Å². The highest BCUT2D eigenvalue weighted by Gasteiger charge is 2.17. The second-order valence-electron chi connectivity index (χ2n) is 7.14. The fourth-order valence-electron chi connectivity index (χ4n) is 3.16. The predicted octanol–water partition coefficient (Wildman–Crippen LogP) is 3.47. The van der Waals surface area contributed by atoms with E-state index in [0.717, 1.165) is 16.7 Å². The molecule has 152 valence electrons. The van der Waals surface area contributed by atoms with Crippen molar-refractivity contribution in [1.82, 2.24) is 25.0 Å². The number of carbonyl (C=O) groups excluding carboxylic acids is 1. The summed E-state index contributed by atoms with van der Waals surface area (Å²) in [6.45, 7) is 2.45. The normalized spacial score (nSPS) is 12.2. The van der Waals surface area contributed by atoms with E-state index in [1.807, 2.05) is 50.2 Å². The molecule has 29 heavy (non-hydrogen) atoms. The Hall–Kier alpha value is -2.84. The summed E-state index contributed by atoms with van der Waals surface area (Å²) < 4.78 is 15.3. The van der Waals surface area contributed by atoms with E-state index in [1.165, 1.54) is 12.1 Å². The lowest BCUT2D eigenvalue weighted by Gasteiger charge is -2.25. The molecule has 0 aliphatic carbocycles. The van der Waals surface area contributed by atoms with Gasteiger partial charge in [0.15, 0.2) is 10.6 Å². The first-order chi connectivity index (χ1) is 13.8. The minimum absolute atomic E-state index is 0.0577. The van der Waals surface area contributed by atoms with Gasteiger partial charge in [0, 0.05) is 12.1 Å². The number of aryl methyl sites for hydroxylation is 1. The molecule has 1 unspecified atom stereocenters. The maximum absolute atomic E-state index is 13.2. The monoisotopic (exact) mass is 413 g/mol. The Morgan fingerprint density at radius 2 is 2.00 bits per heavy atom. The lowest BCUT2D eigenvalue weighted by Crippen LogP contribution is -2.36. The van der Waals surface area contributed by atoms with Gasteiger partial charge < -0.3 is 10.2 Å². The van der Waals surface area contributed by atoms with Crippen LogP contribution in [0, 0.1) is 17.5 Å². The average molecular weight is 414 g/mol. The van der Waals surface area contributed by atoms with Gasteiger partial charge in [-0.05, 0) is 57.0 Å². The first kappa shape index (κ1) is 20.9. The first-order valence-corrected chi connectivity index (χ1v) is 9.67. The van der Waals surface area contributed by atoms with E-state index in [9.17, 15) is 9.18 Å². The van der Waals surface area contributed by atoms with Crippen molar-refractivity contribution in [1.29, 1.82) is 0 Å². The Labute approximate surface area is 174 Å². The molecule has 1 aromatic heterocycles. The zero-order chi connectivity index (χ0) is 21.0. The van der Waals surface area contributed by atoms with Crippen LogP contribution in [0.15, 0.2) is 48.5 Å². The van der Waals surface area contributed by atoms with Crippen molar-refractivity contribution in [3.63, 3.8) is 0 Å². The number of carbonyl (C=O) groups is 1. The van der Waals surface area contributed by atoms with E-state index in [4.69, 9.17) is 12.2 Å². The molecule has 0 bridgehead atoms. The summed E-state index contributed by atoms with van der Waals surface area (Å²) in [5.41, 5.74) is 2.92.